The van der Waals surface area contributed by atoms with Crippen LogP contribution >= 0.6 is 34.8 Å². The van der Waals surface area contributed by atoms with Gasteiger partial charge in [0.25, 0.3) is 0 Å². The van der Waals surface area contributed by atoms with Crippen LogP contribution in [0.5, 0.6) is 5.75 Å². The topological polar surface area (TPSA) is 44.8 Å². The van der Waals surface area contributed by atoms with E-state index in [1.165, 1.54) is 36.4 Å². The first-order valence-corrected chi connectivity index (χ1v) is 17.6. The number of ether oxygens (including phenoxy) is 2. The summed E-state index contributed by atoms with van der Waals surface area (Å²) in [6, 6.07) is 5.81. The molecule has 260 valence electrons. The lowest BCUT2D eigenvalue weighted by atomic mass is 10.00. The van der Waals surface area contributed by atoms with Gasteiger partial charge in [-0.3, -0.25) is 4.79 Å². The van der Waals surface area contributed by atoms with Gasteiger partial charge in [-0.1, -0.05) is 67.7 Å². The Morgan fingerprint density at radius 2 is 1.44 bits per heavy atom. The van der Waals surface area contributed by atoms with Crippen LogP contribution < -0.4 is 4.74 Å². The van der Waals surface area contributed by atoms with E-state index in [2.05, 4.69) is 20.8 Å². The van der Waals surface area contributed by atoms with Crippen LogP contribution in [0.15, 0.2) is 36.4 Å². The van der Waals surface area contributed by atoms with Gasteiger partial charge in [-0.05, 0) is 61.3 Å². The molecule has 0 heterocycles. The molecule has 0 aliphatic heterocycles. The second-order valence-corrected chi connectivity index (χ2v) is 19.2. The fourth-order valence-corrected chi connectivity index (χ4v) is 5.25. The van der Waals surface area contributed by atoms with Crippen LogP contribution in [0.2, 0.25) is 18.1 Å². The highest BCUT2D eigenvalue weighted by Crippen LogP contribution is 2.54. The third-order valence-corrected chi connectivity index (χ3v) is 12.0. The first-order valence-electron chi connectivity index (χ1n) is 13.5. The lowest BCUT2D eigenvalue weighted by molar-refractivity contribution is -0.396. The molecule has 0 aliphatic rings. The van der Waals surface area contributed by atoms with Gasteiger partial charge in [0.15, 0.2) is 17.9 Å². The van der Waals surface area contributed by atoms with E-state index in [1.807, 2.05) is 13.1 Å². The molecule has 0 saturated carbocycles. The molecule has 0 N–H and O–H groups in total. The van der Waals surface area contributed by atoms with Gasteiger partial charge >= 0.3 is 23.9 Å². The highest BCUT2D eigenvalue weighted by atomic mass is 35.6. The normalized spacial score (nSPS) is 15.8. The van der Waals surface area contributed by atoms with Crippen LogP contribution in [0.4, 0.5) is 39.5 Å². The molecule has 0 aliphatic carbocycles. The molecule has 0 fully saturated rings. The van der Waals surface area contributed by atoms with Crippen molar-refractivity contribution in [3.05, 3.63) is 42.0 Å². The Morgan fingerprint density at radius 1 is 0.911 bits per heavy atom. The smallest absolute Gasteiger partial charge is 0.460 e. The summed E-state index contributed by atoms with van der Waals surface area (Å²) < 4.78 is 133. The lowest BCUT2D eigenvalue weighted by Crippen LogP contribution is -2.60. The predicted octanol–water partition coefficient (Wildman–Crippen LogP) is 10.5. The molecule has 2 atom stereocenters. The molecule has 0 aromatic heterocycles. The van der Waals surface area contributed by atoms with Crippen LogP contribution in [0.1, 0.15) is 52.5 Å². The Bertz CT molecular complexity index is 1130. The molecule has 0 bridgehead atoms. The van der Waals surface area contributed by atoms with Crippen molar-refractivity contribution in [1.82, 2.24) is 0 Å². The van der Waals surface area contributed by atoms with Crippen molar-refractivity contribution < 1.29 is 58.2 Å². The highest BCUT2D eigenvalue weighted by molar-refractivity contribution is 6.74. The first-order chi connectivity index (χ1) is 20.0. The standard InChI is InChI=1S/C28H36Cl3F9O4Si/c1-18(44-45(5,6)23(2,3)4)22(13-10-20(41)16-25(29,30)31)43-17-19-8-11-21(12-9-19)42-15-7-14-24(32,33)26(34,35)27(36,37)28(38,39)40/h8-13,18,22H,7,14-17H2,1-6H3/b13-10+/t18-,22-/m0/s1. The zero-order valence-electron chi connectivity index (χ0n) is 25.3. The van der Waals surface area contributed by atoms with E-state index in [4.69, 9.17) is 48.7 Å². The fourth-order valence-electron chi connectivity index (χ4n) is 3.44. The maximum atomic E-state index is 13.7. The number of hydrogen-bond donors (Lipinski definition) is 0. The monoisotopic (exact) mass is 740 g/mol. The number of benzene rings is 1. The minimum absolute atomic E-state index is 0.00779. The third kappa shape index (κ3) is 12.1. The van der Waals surface area contributed by atoms with Gasteiger partial charge < -0.3 is 13.9 Å². The minimum atomic E-state index is -6.92. The highest BCUT2D eigenvalue weighted by Gasteiger charge is 2.81. The van der Waals surface area contributed by atoms with Crippen molar-refractivity contribution in [2.45, 2.75) is 112 Å². The molecule has 0 radical (unpaired) electrons. The molecule has 1 rings (SSSR count). The molecule has 0 spiro atoms. The van der Waals surface area contributed by atoms with Gasteiger partial charge in [-0.25, -0.2) is 0 Å². The molecule has 1 aromatic carbocycles. The number of allylic oxidation sites excluding steroid dienone is 1. The van der Waals surface area contributed by atoms with E-state index in [9.17, 15) is 44.3 Å². The number of halogens is 12. The van der Waals surface area contributed by atoms with Gasteiger partial charge in [-0.15, -0.1) is 0 Å². The zero-order chi connectivity index (χ0) is 35.3. The molecular formula is C28H36Cl3F9O4Si. The van der Waals surface area contributed by atoms with Crippen molar-refractivity contribution in [1.29, 1.82) is 0 Å². The van der Waals surface area contributed by atoms with E-state index in [-0.39, 0.29) is 23.8 Å². The lowest BCUT2D eigenvalue weighted by Gasteiger charge is -2.39. The third-order valence-electron chi connectivity index (χ3n) is 7.08. The molecule has 1 aromatic rings. The Labute approximate surface area is 272 Å². The average Bonchev–Trinajstić information content (AvgIpc) is 2.84. The molecular weight excluding hydrogens is 706 g/mol. The summed E-state index contributed by atoms with van der Waals surface area (Å²) in [6.45, 7) is 11.4. The first kappa shape index (κ1) is 41.8. The molecule has 0 unspecified atom stereocenters. The van der Waals surface area contributed by atoms with Crippen molar-refractivity contribution in [2.75, 3.05) is 6.61 Å². The molecule has 4 nitrogen and oxygen atoms in total. The van der Waals surface area contributed by atoms with Crippen LogP contribution in [0, 0.1) is 0 Å². The largest absolute Gasteiger partial charge is 0.494 e. The number of carbonyl (C=O) groups is 1. The van der Waals surface area contributed by atoms with Crippen molar-refractivity contribution in [2.24, 2.45) is 0 Å². The summed E-state index contributed by atoms with van der Waals surface area (Å²) in [6.07, 6.45) is -8.62. The van der Waals surface area contributed by atoms with E-state index in [0.29, 0.717) is 5.56 Å². The molecule has 0 saturated heterocycles. The number of rotatable bonds is 16. The molecule has 0 amide bonds. The second kappa shape index (κ2) is 15.4. The van der Waals surface area contributed by atoms with E-state index >= 15 is 0 Å². The quantitative estimate of drug-likeness (QED) is 0.0556. The second-order valence-electron chi connectivity index (χ2n) is 11.9. The summed E-state index contributed by atoms with van der Waals surface area (Å²) in [4.78, 5) is 12.2. The van der Waals surface area contributed by atoms with Gasteiger partial charge in [0.2, 0.25) is 0 Å². The van der Waals surface area contributed by atoms with E-state index in [1.54, 1.807) is 6.92 Å². The van der Waals surface area contributed by atoms with Crippen LogP contribution in [-0.2, 0) is 20.6 Å². The van der Waals surface area contributed by atoms with Crippen LogP contribution in [0.25, 0.3) is 0 Å². The summed E-state index contributed by atoms with van der Waals surface area (Å²) in [5.41, 5.74) is 0.591. The van der Waals surface area contributed by atoms with E-state index in [0.717, 1.165) is 0 Å². The Kier molecular flexibility index (Phi) is 14.3. The molecule has 45 heavy (non-hydrogen) atoms. The summed E-state index contributed by atoms with van der Waals surface area (Å²) >= 11 is 17.1. The molecule has 17 heteroatoms. The Morgan fingerprint density at radius 3 is 1.91 bits per heavy atom. The van der Waals surface area contributed by atoms with Crippen LogP contribution in [-0.4, -0.2) is 60.7 Å². The summed E-state index contributed by atoms with van der Waals surface area (Å²) in [5.74, 6) is -19.6. The van der Waals surface area contributed by atoms with Gasteiger partial charge in [-0.2, -0.15) is 39.5 Å². The number of alkyl halides is 12. The van der Waals surface area contributed by atoms with Crippen molar-refractivity contribution >= 4 is 48.9 Å². The number of carbonyl (C=O) groups excluding carboxylic acids is 1. The van der Waals surface area contributed by atoms with Gasteiger partial charge in [0.05, 0.1) is 25.7 Å². The maximum absolute atomic E-state index is 13.7. The average molecular weight is 742 g/mol. The van der Waals surface area contributed by atoms with Crippen molar-refractivity contribution in [3.63, 3.8) is 0 Å². The SMILES string of the molecule is C[C@H](O[Si](C)(C)C(C)(C)C)[C@H](/C=C/C(=O)CC(Cl)(Cl)Cl)OCc1ccc(OCCCC(F)(F)C(F)(F)C(F)(F)C(F)(F)F)cc1. The fraction of sp³-hybridized carbons (Fsp3) is 0.679. The summed E-state index contributed by atoms with van der Waals surface area (Å²) in [5, 5.41) is -0.123. The maximum Gasteiger partial charge on any atom is 0.460 e. The van der Waals surface area contributed by atoms with Crippen LogP contribution in [0.3, 0.4) is 0 Å². The van der Waals surface area contributed by atoms with Crippen molar-refractivity contribution in [3.8, 4) is 5.75 Å². The summed E-state index contributed by atoms with van der Waals surface area (Å²) in [7, 11) is -2.25. The Hall–Kier alpha value is -1.19. The van der Waals surface area contributed by atoms with Gasteiger partial charge in [0, 0.05) is 6.42 Å². The van der Waals surface area contributed by atoms with E-state index < -0.39 is 73.5 Å². The minimum Gasteiger partial charge on any atom is -0.494 e. The predicted molar refractivity (Wildman–Crippen MR) is 157 cm³/mol. The zero-order valence-corrected chi connectivity index (χ0v) is 28.6. The number of ketones is 1. The Balaban J connectivity index is 2.87. The number of hydrogen-bond acceptors (Lipinski definition) is 4. The van der Waals surface area contributed by atoms with Gasteiger partial charge in [0.1, 0.15) is 11.9 Å².